The van der Waals surface area contributed by atoms with Crippen LogP contribution in [0.4, 0.5) is 18.9 Å². The number of alkyl halides is 3. The average molecular weight is 406 g/mol. The van der Waals surface area contributed by atoms with Gasteiger partial charge in [0.25, 0.3) is 5.91 Å². The third kappa shape index (κ3) is 5.54. The molecule has 0 bridgehead atoms. The molecule has 1 aliphatic rings. The first-order valence-corrected chi connectivity index (χ1v) is 9.06. The van der Waals surface area contributed by atoms with Gasteiger partial charge in [0.2, 0.25) is 5.91 Å². The van der Waals surface area contributed by atoms with Gasteiger partial charge >= 0.3 is 6.18 Å². The van der Waals surface area contributed by atoms with Crippen LogP contribution in [-0.2, 0) is 17.8 Å². The van der Waals surface area contributed by atoms with Crippen LogP contribution in [-0.4, -0.2) is 41.0 Å². The Kier molecular flexibility index (Phi) is 5.88. The Morgan fingerprint density at radius 1 is 1.28 bits per heavy atom. The molecule has 2 aromatic rings. The predicted octanol–water partition coefficient (Wildman–Crippen LogP) is 2.84. The Hall–Kier alpha value is -2.94. The molecule has 0 fully saturated rings. The topological polar surface area (TPSA) is 88.3 Å². The maximum atomic E-state index is 12.6. The molecule has 1 aromatic carbocycles. The Bertz CT molecular complexity index is 930. The fourth-order valence-corrected chi connectivity index (χ4v) is 3.58. The SMILES string of the molecule is C[C@H]1CN(CC(N)=O)Cc2cc(C(=O)Nc3cncc(CC(F)(F)F)c3)ccc21. The molecule has 2 heterocycles. The minimum atomic E-state index is -4.35. The van der Waals surface area contributed by atoms with Gasteiger partial charge in [0.15, 0.2) is 0 Å². The summed E-state index contributed by atoms with van der Waals surface area (Å²) in [5.74, 6) is -0.683. The van der Waals surface area contributed by atoms with E-state index in [0.717, 1.165) is 17.3 Å². The number of rotatable bonds is 5. The molecular formula is C20H21F3N4O2. The summed E-state index contributed by atoms with van der Waals surface area (Å²) in [5.41, 5.74) is 7.83. The van der Waals surface area contributed by atoms with Crippen LogP contribution >= 0.6 is 0 Å². The van der Waals surface area contributed by atoms with Gasteiger partial charge in [-0.05, 0) is 40.8 Å². The standard InChI is InChI=1S/C20H21F3N4O2/c1-12-9-27(11-18(24)28)10-15-5-14(2-3-17(12)15)19(29)26-16-4-13(7-25-8-16)6-20(21,22)23/h2-5,7-8,12H,6,9-11H2,1H3,(H2,24,28)(H,26,29)/t12-/m0/s1. The minimum Gasteiger partial charge on any atom is -0.369 e. The van der Waals surface area contributed by atoms with Crippen molar-refractivity contribution in [1.82, 2.24) is 9.88 Å². The second kappa shape index (κ2) is 8.20. The van der Waals surface area contributed by atoms with Crippen molar-refractivity contribution in [2.45, 2.75) is 32.0 Å². The van der Waals surface area contributed by atoms with E-state index in [0.29, 0.717) is 18.7 Å². The summed E-state index contributed by atoms with van der Waals surface area (Å²) in [6.07, 6.45) is -3.05. The number of benzene rings is 1. The molecule has 0 spiro atoms. The zero-order valence-corrected chi connectivity index (χ0v) is 15.8. The number of amides is 2. The van der Waals surface area contributed by atoms with E-state index in [1.165, 1.54) is 12.3 Å². The van der Waals surface area contributed by atoms with E-state index in [9.17, 15) is 22.8 Å². The third-order valence-corrected chi connectivity index (χ3v) is 4.70. The number of hydrogen-bond acceptors (Lipinski definition) is 4. The highest BCUT2D eigenvalue weighted by Crippen LogP contribution is 2.29. The van der Waals surface area contributed by atoms with Gasteiger partial charge in [-0.2, -0.15) is 13.2 Å². The Balaban J connectivity index is 1.76. The molecule has 0 unspecified atom stereocenters. The lowest BCUT2D eigenvalue weighted by Crippen LogP contribution is -2.38. The lowest BCUT2D eigenvalue weighted by Gasteiger charge is -2.32. The maximum Gasteiger partial charge on any atom is 0.393 e. The summed E-state index contributed by atoms with van der Waals surface area (Å²) in [6.45, 7) is 3.35. The Labute approximate surface area is 165 Å². The largest absolute Gasteiger partial charge is 0.393 e. The van der Waals surface area contributed by atoms with Crippen molar-refractivity contribution in [1.29, 1.82) is 0 Å². The number of fused-ring (bicyclic) bond motifs is 1. The molecule has 3 rings (SSSR count). The molecular weight excluding hydrogens is 385 g/mol. The quantitative estimate of drug-likeness (QED) is 0.799. The van der Waals surface area contributed by atoms with E-state index in [-0.39, 0.29) is 23.7 Å². The van der Waals surface area contributed by atoms with E-state index in [1.807, 2.05) is 17.9 Å². The van der Waals surface area contributed by atoms with Crippen LogP contribution in [0.2, 0.25) is 0 Å². The highest BCUT2D eigenvalue weighted by Gasteiger charge is 2.28. The van der Waals surface area contributed by atoms with Crippen molar-refractivity contribution >= 4 is 17.5 Å². The second-order valence-electron chi connectivity index (χ2n) is 7.28. The number of anilines is 1. The van der Waals surface area contributed by atoms with Gasteiger partial charge in [0.1, 0.15) is 0 Å². The smallest absolute Gasteiger partial charge is 0.369 e. The molecule has 0 aliphatic carbocycles. The van der Waals surface area contributed by atoms with Crippen molar-refractivity contribution in [3.63, 3.8) is 0 Å². The number of halogens is 3. The number of pyridine rings is 1. The van der Waals surface area contributed by atoms with Gasteiger partial charge in [0, 0.05) is 24.8 Å². The Morgan fingerprint density at radius 2 is 2.03 bits per heavy atom. The molecule has 2 amide bonds. The molecule has 1 aromatic heterocycles. The lowest BCUT2D eigenvalue weighted by molar-refractivity contribution is -0.127. The summed E-state index contributed by atoms with van der Waals surface area (Å²) in [4.78, 5) is 29.5. The van der Waals surface area contributed by atoms with Crippen molar-refractivity contribution in [2.24, 2.45) is 5.73 Å². The number of aromatic nitrogens is 1. The number of carbonyl (C=O) groups is 2. The highest BCUT2D eigenvalue weighted by molar-refractivity contribution is 6.04. The van der Waals surface area contributed by atoms with Crippen LogP contribution in [0.15, 0.2) is 36.7 Å². The van der Waals surface area contributed by atoms with Crippen molar-refractivity contribution in [3.8, 4) is 0 Å². The summed E-state index contributed by atoms with van der Waals surface area (Å²) in [7, 11) is 0. The zero-order chi connectivity index (χ0) is 21.2. The average Bonchev–Trinajstić information content (AvgIpc) is 2.59. The van der Waals surface area contributed by atoms with Gasteiger partial charge in [-0.3, -0.25) is 19.5 Å². The van der Waals surface area contributed by atoms with E-state index in [2.05, 4.69) is 10.3 Å². The van der Waals surface area contributed by atoms with Crippen LogP contribution in [0.1, 0.15) is 39.9 Å². The molecule has 0 saturated heterocycles. The highest BCUT2D eigenvalue weighted by atomic mass is 19.4. The summed E-state index contributed by atoms with van der Waals surface area (Å²) < 4.78 is 37.7. The molecule has 1 aliphatic heterocycles. The monoisotopic (exact) mass is 406 g/mol. The van der Waals surface area contributed by atoms with Gasteiger partial charge in [-0.15, -0.1) is 0 Å². The lowest BCUT2D eigenvalue weighted by atomic mass is 9.89. The molecule has 154 valence electrons. The van der Waals surface area contributed by atoms with Gasteiger partial charge < -0.3 is 11.1 Å². The summed E-state index contributed by atoms with van der Waals surface area (Å²) >= 11 is 0. The fourth-order valence-electron chi connectivity index (χ4n) is 3.58. The number of nitrogens with zero attached hydrogens (tertiary/aromatic N) is 2. The fraction of sp³-hybridized carbons (Fsp3) is 0.350. The van der Waals surface area contributed by atoms with Gasteiger partial charge in [0.05, 0.1) is 24.8 Å². The first-order valence-electron chi connectivity index (χ1n) is 9.06. The molecule has 0 saturated carbocycles. The van der Waals surface area contributed by atoms with Gasteiger partial charge in [-0.1, -0.05) is 13.0 Å². The van der Waals surface area contributed by atoms with Crippen molar-refractivity contribution in [3.05, 3.63) is 58.9 Å². The van der Waals surface area contributed by atoms with Crippen molar-refractivity contribution in [2.75, 3.05) is 18.4 Å². The van der Waals surface area contributed by atoms with Crippen LogP contribution in [0.5, 0.6) is 0 Å². The van der Waals surface area contributed by atoms with E-state index in [1.54, 1.807) is 12.1 Å². The maximum absolute atomic E-state index is 12.6. The molecule has 29 heavy (non-hydrogen) atoms. The molecule has 0 radical (unpaired) electrons. The van der Waals surface area contributed by atoms with Crippen LogP contribution < -0.4 is 11.1 Å². The number of nitrogens with one attached hydrogen (secondary N) is 1. The van der Waals surface area contributed by atoms with Gasteiger partial charge in [-0.25, -0.2) is 0 Å². The molecule has 1 atom stereocenters. The number of primary amides is 1. The zero-order valence-electron chi connectivity index (χ0n) is 15.8. The second-order valence-corrected chi connectivity index (χ2v) is 7.28. The Morgan fingerprint density at radius 3 is 2.72 bits per heavy atom. The first-order chi connectivity index (χ1) is 13.6. The normalized spacial score (nSPS) is 16.9. The minimum absolute atomic E-state index is 0.0309. The van der Waals surface area contributed by atoms with Crippen molar-refractivity contribution < 1.29 is 22.8 Å². The molecule has 3 N–H and O–H groups in total. The van der Waals surface area contributed by atoms with E-state index < -0.39 is 24.4 Å². The number of hydrogen-bond donors (Lipinski definition) is 2. The molecule has 9 heteroatoms. The van der Waals surface area contributed by atoms with Crippen LogP contribution in [0, 0.1) is 0 Å². The van der Waals surface area contributed by atoms with Crippen LogP contribution in [0.25, 0.3) is 0 Å². The van der Waals surface area contributed by atoms with E-state index >= 15 is 0 Å². The first kappa shape index (κ1) is 20.8. The summed E-state index contributed by atoms with van der Waals surface area (Å²) in [6, 6.07) is 6.55. The predicted molar refractivity (Wildman–Crippen MR) is 101 cm³/mol. The number of nitrogens with two attached hydrogens (primary N) is 1. The van der Waals surface area contributed by atoms with E-state index in [4.69, 9.17) is 5.73 Å². The molecule has 6 nitrogen and oxygen atoms in total. The third-order valence-electron chi connectivity index (χ3n) is 4.70. The van der Waals surface area contributed by atoms with Crippen LogP contribution in [0.3, 0.4) is 0 Å². The summed E-state index contributed by atoms with van der Waals surface area (Å²) in [5, 5.41) is 2.59. The number of carbonyl (C=O) groups excluding carboxylic acids is 2.